The molecule has 0 amide bonds. The van der Waals surface area contributed by atoms with Crippen LogP contribution in [-0.4, -0.2) is 23.0 Å². The monoisotopic (exact) mass is 252 g/mol. The van der Waals surface area contributed by atoms with E-state index < -0.39 is 0 Å². The topological polar surface area (TPSA) is 42.3 Å². The van der Waals surface area contributed by atoms with Gasteiger partial charge in [0.1, 0.15) is 6.54 Å². The van der Waals surface area contributed by atoms with E-state index >= 15 is 0 Å². The lowest BCUT2D eigenvalue weighted by atomic mass is 10.1. The van der Waals surface area contributed by atoms with Crippen molar-refractivity contribution in [2.45, 2.75) is 13.8 Å². The quantitative estimate of drug-likeness (QED) is 0.620. The Morgan fingerprint density at radius 1 is 1.16 bits per heavy atom. The molecule has 0 radical (unpaired) electrons. The van der Waals surface area contributed by atoms with Crippen molar-refractivity contribution in [3.63, 3.8) is 0 Å². The van der Waals surface area contributed by atoms with Crippen molar-refractivity contribution in [1.82, 2.24) is 4.98 Å². The van der Waals surface area contributed by atoms with Gasteiger partial charge in [0.2, 0.25) is 0 Å². The van der Waals surface area contributed by atoms with Gasteiger partial charge in [-0.3, -0.25) is 14.8 Å². The van der Waals surface area contributed by atoms with Gasteiger partial charge in [0.15, 0.2) is 5.78 Å². The van der Waals surface area contributed by atoms with E-state index in [0.717, 1.165) is 22.5 Å². The number of ketones is 1. The van der Waals surface area contributed by atoms with Crippen molar-refractivity contribution < 1.29 is 4.79 Å². The second-order valence-electron chi connectivity index (χ2n) is 4.35. The maximum absolute atomic E-state index is 12.1. The number of aryl methyl sites for hydroxylation is 1. The molecule has 0 saturated carbocycles. The highest BCUT2D eigenvalue weighted by Crippen LogP contribution is 2.08. The maximum atomic E-state index is 12.1. The molecule has 0 aliphatic carbocycles. The summed E-state index contributed by atoms with van der Waals surface area (Å²) in [5, 5.41) is 0. The molecule has 0 aliphatic rings. The van der Waals surface area contributed by atoms with Crippen LogP contribution in [0.2, 0.25) is 0 Å². The summed E-state index contributed by atoms with van der Waals surface area (Å²) in [5.74, 6) is 0.0355. The normalized spacial score (nSPS) is 11.4. The molecule has 1 aromatic heterocycles. The van der Waals surface area contributed by atoms with E-state index in [-0.39, 0.29) is 12.3 Å². The number of carbonyl (C=O) groups is 1. The number of hydrogen-bond donors (Lipinski definition) is 0. The molecule has 96 valence electrons. The highest BCUT2D eigenvalue weighted by molar-refractivity contribution is 6.02. The number of hydrogen-bond acceptors (Lipinski definition) is 3. The van der Waals surface area contributed by atoms with Crippen LogP contribution in [-0.2, 0) is 0 Å². The third-order valence-corrected chi connectivity index (χ3v) is 2.94. The lowest BCUT2D eigenvalue weighted by Crippen LogP contribution is -2.08. The third-order valence-electron chi connectivity index (χ3n) is 2.94. The molecule has 0 fully saturated rings. The molecule has 0 unspecified atom stereocenters. The van der Waals surface area contributed by atoms with Crippen molar-refractivity contribution in [3.05, 3.63) is 65.5 Å². The van der Waals surface area contributed by atoms with Gasteiger partial charge in [0, 0.05) is 11.8 Å². The number of aromatic nitrogens is 1. The Morgan fingerprint density at radius 3 is 2.58 bits per heavy atom. The van der Waals surface area contributed by atoms with Crippen molar-refractivity contribution >= 4 is 11.5 Å². The van der Waals surface area contributed by atoms with E-state index in [1.807, 2.05) is 56.3 Å². The van der Waals surface area contributed by atoms with Crippen LogP contribution in [0.5, 0.6) is 0 Å². The second kappa shape index (κ2) is 6.05. The fourth-order valence-electron chi connectivity index (χ4n) is 1.82. The Bertz CT molecular complexity index is 603. The predicted octanol–water partition coefficient (Wildman–Crippen LogP) is 3.08. The van der Waals surface area contributed by atoms with E-state index in [9.17, 15) is 4.79 Å². The fourth-order valence-corrected chi connectivity index (χ4v) is 1.82. The van der Waals surface area contributed by atoms with Crippen LogP contribution in [0.3, 0.4) is 0 Å². The Kier molecular flexibility index (Phi) is 4.18. The van der Waals surface area contributed by atoms with Gasteiger partial charge >= 0.3 is 0 Å². The number of rotatable bonds is 4. The summed E-state index contributed by atoms with van der Waals surface area (Å²) < 4.78 is 0. The van der Waals surface area contributed by atoms with Crippen LogP contribution >= 0.6 is 0 Å². The molecule has 3 heteroatoms. The fraction of sp³-hybridized carbons (Fsp3) is 0.188. The van der Waals surface area contributed by atoms with Crippen LogP contribution in [0, 0.1) is 6.92 Å². The SMILES string of the molecule is CC(=NCC(=O)c1ccccc1C)c1ccccn1. The van der Waals surface area contributed by atoms with Gasteiger partial charge in [0.25, 0.3) is 0 Å². The van der Waals surface area contributed by atoms with Gasteiger partial charge in [-0.25, -0.2) is 0 Å². The third kappa shape index (κ3) is 3.35. The predicted molar refractivity (Wildman–Crippen MR) is 76.8 cm³/mol. The second-order valence-corrected chi connectivity index (χ2v) is 4.35. The first-order valence-electron chi connectivity index (χ1n) is 6.20. The van der Waals surface area contributed by atoms with Crippen LogP contribution in [0.15, 0.2) is 53.7 Å². The summed E-state index contributed by atoms with van der Waals surface area (Å²) in [7, 11) is 0. The maximum Gasteiger partial charge on any atom is 0.184 e. The molecular formula is C16H16N2O. The first-order chi connectivity index (χ1) is 9.18. The van der Waals surface area contributed by atoms with E-state index in [4.69, 9.17) is 0 Å². The number of benzene rings is 1. The van der Waals surface area contributed by atoms with Gasteiger partial charge in [-0.2, -0.15) is 0 Å². The van der Waals surface area contributed by atoms with Crippen LogP contribution in [0.4, 0.5) is 0 Å². The average molecular weight is 252 g/mol. The van der Waals surface area contributed by atoms with Crippen molar-refractivity contribution in [2.24, 2.45) is 4.99 Å². The zero-order valence-corrected chi connectivity index (χ0v) is 11.1. The standard InChI is InChI=1S/C16H16N2O/c1-12-7-3-4-8-14(12)16(19)11-18-13(2)15-9-5-6-10-17-15/h3-10H,11H2,1-2H3. The van der Waals surface area contributed by atoms with Gasteiger partial charge in [-0.15, -0.1) is 0 Å². The molecule has 0 saturated heterocycles. The van der Waals surface area contributed by atoms with Crippen molar-refractivity contribution in [2.75, 3.05) is 6.54 Å². The molecule has 1 heterocycles. The number of nitrogens with zero attached hydrogens (tertiary/aromatic N) is 2. The molecule has 0 aliphatic heterocycles. The van der Waals surface area contributed by atoms with Gasteiger partial charge in [-0.05, 0) is 31.5 Å². The van der Waals surface area contributed by atoms with E-state index in [0.29, 0.717) is 0 Å². The molecule has 0 spiro atoms. The number of Topliss-reactive ketones (excluding diaryl/α,β-unsaturated/α-hetero) is 1. The molecule has 3 nitrogen and oxygen atoms in total. The minimum absolute atomic E-state index is 0.0355. The van der Waals surface area contributed by atoms with Crippen LogP contribution in [0.1, 0.15) is 28.5 Å². The smallest absolute Gasteiger partial charge is 0.184 e. The highest BCUT2D eigenvalue weighted by atomic mass is 16.1. The lowest BCUT2D eigenvalue weighted by molar-refractivity contribution is 0.100. The molecule has 0 N–H and O–H groups in total. The van der Waals surface area contributed by atoms with E-state index in [2.05, 4.69) is 9.98 Å². The number of aliphatic imine (C=N–C) groups is 1. The zero-order valence-electron chi connectivity index (χ0n) is 11.1. The molecule has 19 heavy (non-hydrogen) atoms. The Morgan fingerprint density at radius 2 is 1.89 bits per heavy atom. The largest absolute Gasteiger partial charge is 0.292 e. The van der Waals surface area contributed by atoms with Crippen LogP contribution < -0.4 is 0 Å². The van der Waals surface area contributed by atoms with E-state index in [1.54, 1.807) is 6.20 Å². The average Bonchev–Trinajstić information content (AvgIpc) is 2.46. The number of pyridine rings is 1. The summed E-state index contributed by atoms with van der Waals surface area (Å²) in [4.78, 5) is 20.6. The first kappa shape index (κ1) is 13.1. The minimum atomic E-state index is 0.0355. The summed E-state index contributed by atoms with van der Waals surface area (Å²) >= 11 is 0. The Balaban J connectivity index is 2.11. The van der Waals surface area contributed by atoms with Crippen LogP contribution in [0.25, 0.3) is 0 Å². The summed E-state index contributed by atoms with van der Waals surface area (Å²) in [6.07, 6.45) is 1.72. The van der Waals surface area contributed by atoms with E-state index in [1.165, 1.54) is 0 Å². The molecule has 0 atom stereocenters. The first-order valence-corrected chi connectivity index (χ1v) is 6.20. The van der Waals surface area contributed by atoms with Gasteiger partial charge in [-0.1, -0.05) is 30.3 Å². The Labute approximate surface area is 113 Å². The molecule has 2 aromatic rings. The Hall–Kier alpha value is -2.29. The summed E-state index contributed by atoms with van der Waals surface area (Å²) in [6.45, 7) is 3.96. The van der Waals surface area contributed by atoms with Crippen molar-refractivity contribution in [3.8, 4) is 0 Å². The summed E-state index contributed by atoms with van der Waals surface area (Å²) in [5.41, 5.74) is 3.31. The van der Waals surface area contributed by atoms with Gasteiger partial charge < -0.3 is 0 Å². The minimum Gasteiger partial charge on any atom is -0.292 e. The summed E-state index contributed by atoms with van der Waals surface area (Å²) in [6, 6.07) is 13.2. The highest BCUT2D eigenvalue weighted by Gasteiger charge is 2.07. The molecule has 1 aromatic carbocycles. The molecule has 0 bridgehead atoms. The van der Waals surface area contributed by atoms with Crippen molar-refractivity contribution in [1.29, 1.82) is 0 Å². The zero-order chi connectivity index (χ0) is 13.7. The van der Waals surface area contributed by atoms with Gasteiger partial charge in [0.05, 0.1) is 11.4 Å². The number of carbonyl (C=O) groups excluding carboxylic acids is 1. The lowest BCUT2D eigenvalue weighted by Gasteiger charge is -2.03. The molecular weight excluding hydrogens is 236 g/mol. The molecule has 2 rings (SSSR count).